The Kier molecular flexibility index (Phi) is 3.98. The van der Waals surface area contributed by atoms with Crippen molar-refractivity contribution < 1.29 is 4.74 Å². The molecule has 0 radical (unpaired) electrons. The molecule has 0 aliphatic carbocycles. The molecule has 0 amide bonds. The van der Waals surface area contributed by atoms with Gasteiger partial charge in [-0.05, 0) is 22.6 Å². The van der Waals surface area contributed by atoms with Gasteiger partial charge in [-0.15, -0.1) is 0 Å². The molecule has 0 spiro atoms. The maximum atomic E-state index is 5.60. The fraction of sp³-hybridized carbons (Fsp3) is 0.263. The summed E-state index contributed by atoms with van der Waals surface area (Å²) in [4.78, 5) is 0. The molecule has 1 saturated heterocycles. The van der Waals surface area contributed by atoms with Crippen molar-refractivity contribution in [2.45, 2.75) is 6.92 Å². The third-order valence-corrected chi connectivity index (χ3v) is 3.97. The van der Waals surface area contributed by atoms with Crippen LogP contribution < -0.4 is 0 Å². The smallest absolute Gasteiger partial charge is 0.0532 e. The molecule has 0 bridgehead atoms. The third kappa shape index (κ3) is 2.83. The molecule has 1 aliphatic rings. The molecule has 0 aromatic heterocycles. The van der Waals surface area contributed by atoms with Gasteiger partial charge in [0.2, 0.25) is 0 Å². The Bertz CT molecular complexity index is 530. The molecule has 1 heteroatoms. The number of benzene rings is 2. The fourth-order valence-electron chi connectivity index (χ4n) is 2.70. The standard InChI is InChI=1S/C19H20O/c1-15-13-20-14-18(15)12-19(16-8-4-2-5-9-16)17-10-6-3-7-11-17/h2-12,15,18H,13-14H2,1H3/t15-,18+/m0/s1. The predicted octanol–water partition coefficient (Wildman–Crippen LogP) is 4.40. The van der Waals surface area contributed by atoms with Crippen LogP contribution in [0.1, 0.15) is 18.1 Å². The zero-order valence-electron chi connectivity index (χ0n) is 11.8. The molecule has 1 nitrogen and oxygen atoms in total. The van der Waals surface area contributed by atoms with Crippen LogP contribution in [0.15, 0.2) is 66.7 Å². The SMILES string of the molecule is C[C@H]1COC[C@H]1C=C(c1ccccc1)c1ccccc1. The van der Waals surface area contributed by atoms with Crippen molar-refractivity contribution in [3.05, 3.63) is 77.9 Å². The Hall–Kier alpha value is -1.86. The summed E-state index contributed by atoms with van der Waals surface area (Å²) in [5, 5.41) is 0. The minimum absolute atomic E-state index is 0.505. The van der Waals surface area contributed by atoms with E-state index in [0.717, 1.165) is 13.2 Å². The first kappa shape index (κ1) is 13.1. The van der Waals surface area contributed by atoms with Gasteiger partial charge >= 0.3 is 0 Å². The quantitative estimate of drug-likeness (QED) is 0.798. The van der Waals surface area contributed by atoms with E-state index < -0.39 is 0 Å². The van der Waals surface area contributed by atoms with E-state index in [0.29, 0.717) is 11.8 Å². The summed E-state index contributed by atoms with van der Waals surface area (Å²) < 4.78 is 5.60. The molecule has 2 aromatic rings. The van der Waals surface area contributed by atoms with Crippen LogP contribution in [0.2, 0.25) is 0 Å². The van der Waals surface area contributed by atoms with Gasteiger partial charge in [0.25, 0.3) is 0 Å². The lowest BCUT2D eigenvalue weighted by Crippen LogP contribution is -2.06. The van der Waals surface area contributed by atoms with Crippen LogP contribution in [0.5, 0.6) is 0 Å². The molecule has 1 fully saturated rings. The van der Waals surface area contributed by atoms with E-state index in [1.54, 1.807) is 0 Å². The van der Waals surface area contributed by atoms with E-state index in [-0.39, 0.29) is 0 Å². The first-order valence-corrected chi connectivity index (χ1v) is 7.25. The van der Waals surface area contributed by atoms with E-state index in [4.69, 9.17) is 4.74 Å². The lowest BCUT2D eigenvalue weighted by atomic mass is 9.90. The summed E-state index contributed by atoms with van der Waals surface area (Å²) in [5.74, 6) is 1.10. The highest BCUT2D eigenvalue weighted by Gasteiger charge is 2.23. The summed E-state index contributed by atoms with van der Waals surface area (Å²) in [6.07, 6.45) is 2.39. The van der Waals surface area contributed by atoms with Gasteiger partial charge in [-0.25, -0.2) is 0 Å². The Balaban J connectivity index is 2.02. The molecule has 3 rings (SSSR count). The average Bonchev–Trinajstić information content (AvgIpc) is 2.92. The fourth-order valence-corrected chi connectivity index (χ4v) is 2.70. The van der Waals surface area contributed by atoms with Gasteiger partial charge in [-0.3, -0.25) is 0 Å². The van der Waals surface area contributed by atoms with Crippen molar-refractivity contribution in [2.75, 3.05) is 13.2 Å². The minimum Gasteiger partial charge on any atom is -0.381 e. The van der Waals surface area contributed by atoms with E-state index >= 15 is 0 Å². The molecule has 0 saturated carbocycles. The normalized spacial score (nSPS) is 21.6. The predicted molar refractivity (Wildman–Crippen MR) is 83.4 cm³/mol. The van der Waals surface area contributed by atoms with Gasteiger partial charge in [0.1, 0.15) is 0 Å². The highest BCUT2D eigenvalue weighted by Crippen LogP contribution is 2.29. The average molecular weight is 264 g/mol. The molecule has 0 N–H and O–H groups in total. The molecule has 2 aromatic carbocycles. The third-order valence-electron chi connectivity index (χ3n) is 3.97. The van der Waals surface area contributed by atoms with E-state index in [1.807, 2.05) is 0 Å². The lowest BCUT2D eigenvalue weighted by Gasteiger charge is -2.14. The van der Waals surface area contributed by atoms with E-state index in [1.165, 1.54) is 16.7 Å². The van der Waals surface area contributed by atoms with E-state index in [2.05, 4.69) is 73.7 Å². The second-order valence-electron chi connectivity index (χ2n) is 5.49. The maximum absolute atomic E-state index is 5.60. The highest BCUT2D eigenvalue weighted by atomic mass is 16.5. The lowest BCUT2D eigenvalue weighted by molar-refractivity contribution is 0.185. The van der Waals surface area contributed by atoms with Gasteiger partial charge in [0.05, 0.1) is 6.61 Å². The maximum Gasteiger partial charge on any atom is 0.0532 e. The Morgan fingerprint density at radius 3 is 1.90 bits per heavy atom. The molecule has 20 heavy (non-hydrogen) atoms. The molecular formula is C19H20O. The second-order valence-corrected chi connectivity index (χ2v) is 5.49. The number of ether oxygens (including phenoxy) is 1. The zero-order valence-corrected chi connectivity index (χ0v) is 11.8. The van der Waals surface area contributed by atoms with E-state index in [9.17, 15) is 0 Å². The van der Waals surface area contributed by atoms with Crippen molar-refractivity contribution in [2.24, 2.45) is 11.8 Å². The number of hydrogen-bond donors (Lipinski definition) is 0. The zero-order chi connectivity index (χ0) is 13.8. The first-order valence-electron chi connectivity index (χ1n) is 7.25. The van der Waals surface area contributed by atoms with Crippen LogP contribution in [0.3, 0.4) is 0 Å². The Morgan fingerprint density at radius 2 is 1.45 bits per heavy atom. The summed E-state index contributed by atoms with van der Waals surface area (Å²) in [6.45, 7) is 3.98. The number of hydrogen-bond acceptors (Lipinski definition) is 1. The summed E-state index contributed by atoms with van der Waals surface area (Å²) in [6, 6.07) is 21.2. The largest absolute Gasteiger partial charge is 0.381 e. The van der Waals surface area contributed by atoms with Crippen LogP contribution in [0.4, 0.5) is 0 Å². The molecule has 102 valence electrons. The van der Waals surface area contributed by atoms with Crippen molar-refractivity contribution in [3.8, 4) is 0 Å². The monoisotopic (exact) mass is 264 g/mol. The Labute approximate surface area is 120 Å². The van der Waals surface area contributed by atoms with Crippen LogP contribution in [0.25, 0.3) is 5.57 Å². The van der Waals surface area contributed by atoms with Crippen LogP contribution in [-0.2, 0) is 4.74 Å². The Morgan fingerprint density at radius 1 is 0.900 bits per heavy atom. The van der Waals surface area contributed by atoms with Gasteiger partial charge < -0.3 is 4.74 Å². The van der Waals surface area contributed by atoms with Crippen molar-refractivity contribution in [1.82, 2.24) is 0 Å². The summed E-state index contributed by atoms with van der Waals surface area (Å²) in [7, 11) is 0. The van der Waals surface area contributed by atoms with Crippen molar-refractivity contribution in [3.63, 3.8) is 0 Å². The topological polar surface area (TPSA) is 9.23 Å². The molecule has 2 atom stereocenters. The minimum atomic E-state index is 0.505. The second kappa shape index (κ2) is 6.06. The van der Waals surface area contributed by atoms with Gasteiger partial charge in [0.15, 0.2) is 0 Å². The summed E-state index contributed by atoms with van der Waals surface area (Å²) in [5.41, 5.74) is 3.86. The summed E-state index contributed by atoms with van der Waals surface area (Å²) >= 11 is 0. The van der Waals surface area contributed by atoms with Gasteiger partial charge in [-0.1, -0.05) is 73.7 Å². The number of rotatable bonds is 3. The van der Waals surface area contributed by atoms with Crippen LogP contribution in [0, 0.1) is 11.8 Å². The van der Waals surface area contributed by atoms with Crippen molar-refractivity contribution >= 4 is 5.57 Å². The van der Waals surface area contributed by atoms with Gasteiger partial charge in [0, 0.05) is 12.5 Å². The molecule has 0 unspecified atom stereocenters. The van der Waals surface area contributed by atoms with Gasteiger partial charge in [-0.2, -0.15) is 0 Å². The molecular weight excluding hydrogens is 244 g/mol. The highest BCUT2D eigenvalue weighted by molar-refractivity contribution is 5.79. The molecule has 1 aliphatic heterocycles. The molecule has 1 heterocycles. The van der Waals surface area contributed by atoms with Crippen LogP contribution >= 0.6 is 0 Å². The van der Waals surface area contributed by atoms with Crippen molar-refractivity contribution in [1.29, 1.82) is 0 Å². The first-order chi connectivity index (χ1) is 9.84. The van der Waals surface area contributed by atoms with Crippen LogP contribution in [-0.4, -0.2) is 13.2 Å².